The summed E-state index contributed by atoms with van der Waals surface area (Å²) in [4.78, 5) is 0. The van der Waals surface area contributed by atoms with Crippen molar-refractivity contribution in [3.8, 4) is 0 Å². The van der Waals surface area contributed by atoms with E-state index in [0.29, 0.717) is 24.0 Å². The van der Waals surface area contributed by atoms with E-state index in [1.165, 1.54) is 6.42 Å². The minimum atomic E-state index is -0.0526. The summed E-state index contributed by atoms with van der Waals surface area (Å²) in [6.07, 6.45) is 2.69. The molecule has 2 aliphatic heterocycles. The predicted octanol–water partition coefficient (Wildman–Crippen LogP) is 2.59. The van der Waals surface area contributed by atoms with Gasteiger partial charge >= 0.3 is 0 Å². The molecule has 3 heteroatoms. The van der Waals surface area contributed by atoms with Crippen molar-refractivity contribution >= 4 is 0 Å². The number of rotatable bonds is 3. The van der Waals surface area contributed by atoms with Gasteiger partial charge < -0.3 is 14.8 Å². The monoisotopic (exact) mass is 255 g/mol. The van der Waals surface area contributed by atoms with Gasteiger partial charge in [-0.2, -0.15) is 0 Å². The van der Waals surface area contributed by atoms with Gasteiger partial charge in [0.1, 0.15) is 0 Å². The molecule has 0 aromatic heterocycles. The lowest BCUT2D eigenvalue weighted by molar-refractivity contribution is -0.0794. The first kappa shape index (κ1) is 14.3. The third-order valence-corrected chi connectivity index (χ3v) is 4.65. The van der Waals surface area contributed by atoms with Gasteiger partial charge in [-0.3, -0.25) is 0 Å². The molecule has 2 rings (SSSR count). The Kier molecular flexibility index (Phi) is 3.79. The van der Waals surface area contributed by atoms with Crippen LogP contribution in [0.15, 0.2) is 0 Å². The molecule has 0 saturated carbocycles. The molecule has 4 unspecified atom stereocenters. The fraction of sp³-hybridized carbons (Fsp3) is 1.00. The molecule has 0 spiro atoms. The van der Waals surface area contributed by atoms with E-state index in [2.05, 4.69) is 47.0 Å². The quantitative estimate of drug-likeness (QED) is 0.841. The Labute approximate surface area is 112 Å². The van der Waals surface area contributed by atoms with Gasteiger partial charge in [0.15, 0.2) is 0 Å². The molecule has 2 fully saturated rings. The van der Waals surface area contributed by atoms with Crippen LogP contribution in [0.4, 0.5) is 0 Å². The molecule has 0 aromatic carbocycles. The number of ether oxygens (including phenoxy) is 2. The maximum atomic E-state index is 6.24. The minimum Gasteiger partial charge on any atom is -0.378 e. The first-order valence-corrected chi connectivity index (χ1v) is 7.24. The molecular formula is C15H29NO2. The molecule has 18 heavy (non-hydrogen) atoms. The average Bonchev–Trinajstić information content (AvgIpc) is 2.70. The second-order valence-corrected chi connectivity index (χ2v) is 7.23. The van der Waals surface area contributed by atoms with Crippen molar-refractivity contribution in [2.24, 2.45) is 11.8 Å². The molecule has 0 bridgehead atoms. The smallest absolute Gasteiger partial charge is 0.0677 e. The highest BCUT2D eigenvalue weighted by Crippen LogP contribution is 2.46. The van der Waals surface area contributed by atoms with E-state index in [1.807, 2.05) is 0 Å². The molecule has 0 radical (unpaired) electrons. The molecule has 2 aliphatic rings. The number of hydrogen-bond donors (Lipinski definition) is 1. The Morgan fingerprint density at radius 2 is 1.89 bits per heavy atom. The lowest BCUT2D eigenvalue weighted by Crippen LogP contribution is -2.47. The van der Waals surface area contributed by atoms with E-state index >= 15 is 0 Å². The summed E-state index contributed by atoms with van der Waals surface area (Å²) >= 11 is 0. The van der Waals surface area contributed by atoms with E-state index in [9.17, 15) is 0 Å². The van der Waals surface area contributed by atoms with Crippen LogP contribution in [-0.2, 0) is 9.47 Å². The summed E-state index contributed by atoms with van der Waals surface area (Å²) in [6, 6.07) is 0.492. The summed E-state index contributed by atoms with van der Waals surface area (Å²) in [5.74, 6) is 1.17. The van der Waals surface area contributed by atoms with Gasteiger partial charge in [-0.1, -0.05) is 0 Å². The van der Waals surface area contributed by atoms with E-state index in [-0.39, 0.29) is 11.2 Å². The highest BCUT2D eigenvalue weighted by atomic mass is 16.5. The number of hydrogen-bond acceptors (Lipinski definition) is 3. The van der Waals surface area contributed by atoms with Crippen LogP contribution in [0.2, 0.25) is 0 Å². The zero-order valence-electron chi connectivity index (χ0n) is 12.7. The lowest BCUT2D eigenvalue weighted by atomic mass is 9.76. The normalized spacial score (nSPS) is 40.0. The Bertz CT molecular complexity index is 301. The van der Waals surface area contributed by atoms with Crippen LogP contribution in [0.3, 0.4) is 0 Å². The maximum absolute atomic E-state index is 6.24. The molecule has 106 valence electrons. The molecule has 2 heterocycles. The topological polar surface area (TPSA) is 30.5 Å². The first-order valence-electron chi connectivity index (χ1n) is 7.24. The van der Waals surface area contributed by atoms with Crippen molar-refractivity contribution in [2.45, 2.75) is 70.8 Å². The molecule has 4 atom stereocenters. The maximum Gasteiger partial charge on any atom is 0.0677 e. The minimum absolute atomic E-state index is 0.00561. The Morgan fingerprint density at radius 3 is 2.28 bits per heavy atom. The van der Waals surface area contributed by atoms with Gasteiger partial charge in [-0.05, 0) is 54.5 Å². The Balaban J connectivity index is 2.13. The standard InChI is InChI=1S/C15H29NO2/c1-10-7-11(9-17-10)13(16-6)12-8-14(2,3)18-15(12,4)5/h10-13,16H,7-9H2,1-6H3. The van der Waals surface area contributed by atoms with Crippen molar-refractivity contribution in [2.75, 3.05) is 13.7 Å². The van der Waals surface area contributed by atoms with Gasteiger partial charge in [-0.25, -0.2) is 0 Å². The fourth-order valence-corrected chi connectivity index (χ4v) is 4.03. The Morgan fingerprint density at radius 1 is 1.22 bits per heavy atom. The van der Waals surface area contributed by atoms with Gasteiger partial charge in [0.05, 0.1) is 23.9 Å². The van der Waals surface area contributed by atoms with Crippen LogP contribution in [-0.4, -0.2) is 37.0 Å². The lowest BCUT2D eigenvalue weighted by Gasteiger charge is -2.35. The molecule has 1 N–H and O–H groups in total. The highest BCUT2D eigenvalue weighted by Gasteiger charge is 2.50. The van der Waals surface area contributed by atoms with E-state index in [4.69, 9.17) is 9.47 Å². The molecule has 3 nitrogen and oxygen atoms in total. The SMILES string of the molecule is CNC(C1COC(C)C1)C1CC(C)(C)OC1(C)C. The largest absolute Gasteiger partial charge is 0.378 e. The van der Waals surface area contributed by atoms with E-state index < -0.39 is 0 Å². The molecule has 0 amide bonds. The van der Waals surface area contributed by atoms with Crippen molar-refractivity contribution in [3.63, 3.8) is 0 Å². The first-order chi connectivity index (χ1) is 8.25. The zero-order chi connectivity index (χ0) is 13.6. The predicted molar refractivity (Wildman–Crippen MR) is 73.7 cm³/mol. The van der Waals surface area contributed by atoms with E-state index in [1.54, 1.807) is 0 Å². The van der Waals surface area contributed by atoms with Crippen LogP contribution >= 0.6 is 0 Å². The second-order valence-electron chi connectivity index (χ2n) is 7.23. The zero-order valence-corrected chi connectivity index (χ0v) is 12.7. The number of nitrogens with one attached hydrogen (secondary N) is 1. The molecule has 0 aromatic rings. The van der Waals surface area contributed by atoms with Crippen molar-refractivity contribution in [3.05, 3.63) is 0 Å². The Hall–Kier alpha value is -0.120. The summed E-state index contributed by atoms with van der Waals surface area (Å²) < 4.78 is 12.0. The highest BCUT2D eigenvalue weighted by molar-refractivity contribution is 5.01. The van der Waals surface area contributed by atoms with Gasteiger partial charge in [-0.15, -0.1) is 0 Å². The van der Waals surface area contributed by atoms with Crippen LogP contribution < -0.4 is 5.32 Å². The third kappa shape index (κ3) is 2.73. The summed E-state index contributed by atoms with van der Waals surface area (Å²) in [7, 11) is 2.08. The van der Waals surface area contributed by atoms with Gasteiger partial charge in [0, 0.05) is 17.9 Å². The fourth-order valence-electron chi connectivity index (χ4n) is 4.03. The molecule has 0 aliphatic carbocycles. The van der Waals surface area contributed by atoms with Gasteiger partial charge in [0.25, 0.3) is 0 Å². The van der Waals surface area contributed by atoms with Crippen LogP contribution in [0, 0.1) is 11.8 Å². The van der Waals surface area contributed by atoms with Crippen LogP contribution in [0.1, 0.15) is 47.5 Å². The van der Waals surface area contributed by atoms with E-state index in [0.717, 1.165) is 13.0 Å². The molecule has 2 saturated heterocycles. The van der Waals surface area contributed by atoms with Gasteiger partial charge in [0.2, 0.25) is 0 Å². The van der Waals surface area contributed by atoms with Crippen molar-refractivity contribution in [1.82, 2.24) is 5.32 Å². The third-order valence-electron chi connectivity index (χ3n) is 4.65. The van der Waals surface area contributed by atoms with Crippen LogP contribution in [0.25, 0.3) is 0 Å². The van der Waals surface area contributed by atoms with Crippen LogP contribution in [0.5, 0.6) is 0 Å². The summed E-state index contributed by atoms with van der Waals surface area (Å²) in [5.41, 5.74) is -0.0582. The summed E-state index contributed by atoms with van der Waals surface area (Å²) in [5, 5.41) is 3.54. The molecular weight excluding hydrogens is 226 g/mol. The van der Waals surface area contributed by atoms with Crippen molar-refractivity contribution < 1.29 is 9.47 Å². The second kappa shape index (κ2) is 4.77. The average molecular weight is 255 g/mol. The van der Waals surface area contributed by atoms with Crippen molar-refractivity contribution in [1.29, 1.82) is 0 Å². The summed E-state index contributed by atoms with van der Waals surface area (Å²) in [6.45, 7) is 11.9.